The van der Waals surface area contributed by atoms with Crippen molar-refractivity contribution in [2.75, 3.05) is 12.1 Å². The van der Waals surface area contributed by atoms with E-state index in [1.54, 1.807) is 0 Å². The summed E-state index contributed by atoms with van der Waals surface area (Å²) in [7, 11) is 0. The third-order valence-electron chi connectivity index (χ3n) is 3.70. The second-order valence-corrected chi connectivity index (χ2v) is 5.62. The third-order valence-corrected chi connectivity index (χ3v) is 3.70. The summed E-state index contributed by atoms with van der Waals surface area (Å²) in [6, 6.07) is 8.03. The number of carbonyl (C=O) groups is 1. The minimum Gasteiger partial charge on any atom is -0.467 e. The zero-order valence-corrected chi connectivity index (χ0v) is 14.3. The summed E-state index contributed by atoms with van der Waals surface area (Å²) in [6.45, 7) is -2.76. The van der Waals surface area contributed by atoms with Gasteiger partial charge in [0.15, 0.2) is 6.79 Å². The van der Waals surface area contributed by atoms with E-state index in [1.165, 1.54) is 48.6 Å². The number of halogens is 2. The van der Waals surface area contributed by atoms with Gasteiger partial charge in [0, 0.05) is 35.0 Å². The lowest BCUT2D eigenvalue weighted by Gasteiger charge is -2.19. The van der Waals surface area contributed by atoms with Gasteiger partial charge in [0.2, 0.25) is 5.91 Å². The van der Waals surface area contributed by atoms with Crippen molar-refractivity contribution in [1.29, 1.82) is 0 Å². The molecule has 0 saturated heterocycles. The Bertz CT molecular complexity index is 915. The van der Waals surface area contributed by atoms with Gasteiger partial charge in [-0.1, -0.05) is 0 Å². The number of non-ortho nitro benzene ring substituents is 1. The number of benzene rings is 2. The zero-order valence-electron chi connectivity index (χ0n) is 14.3. The number of ether oxygens (including phenoxy) is 3. The first-order valence-corrected chi connectivity index (χ1v) is 7.98. The number of nitro benzene ring substituents is 1. The normalized spacial score (nSPS) is 13.1. The fourth-order valence-corrected chi connectivity index (χ4v) is 2.53. The molecule has 2 aromatic rings. The number of alkyl halides is 2. The molecule has 1 aliphatic rings. The van der Waals surface area contributed by atoms with Gasteiger partial charge in [-0.3, -0.25) is 14.9 Å². The molecule has 0 aliphatic carbocycles. The number of nitrogens with zero attached hydrogens (tertiary/aromatic N) is 1. The molecule has 1 amide bonds. The van der Waals surface area contributed by atoms with Crippen LogP contribution >= 0.6 is 0 Å². The molecule has 10 heteroatoms. The van der Waals surface area contributed by atoms with E-state index in [-0.39, 0.29) is 24.8 Å². The molecule has 0 fully saturated rings. The molecule has 0 unspecified atom stereocenters. The van der Waals surface area contributed by atoms with Gasteiger partial charge in [-0.15, -0.1) is 0 Å². The van der Waals surface area contributed by atoms with Gasteiger partial charge in [0.05, 0.1) is 11.5 Å². The molecule has 1 aliphatic heterocycles. The maximum Gasteiger partial charge on any atom is 0.387 e. The molecule has 1 N–H and O–H groups in total. The highest BCUT2D eigenvalue weighted by Gasteiger charge is 2.19. The molecule has 2 aromatic carbocycles. The monoisotopic (exact) mass is 392 g/mol. The van der Waals surface area contributed by atoms with Crippen LogP contribution in [0.4, 0.5) is 20.2 Å². The fraction of sp³-hybridized carbons (Fsp3) is 0.167. The van der Waals surface area contributed by atoms with E-state index in [9.17, 15) is 23.7 Å². The first-order valence-electron chi connectivity index (χ1n) is 7.98. The van der Waals surface area contributed by atoms with Crippen molar-refractivity contribution in [2.45, 2.75) is 13.2 Å². The van der Waals surface area contributed by atoms with Crippen LogP contribution in [0.5, 0.6) is 11.5 Å². The third kappa shape index (κ3) is 4.80. The Labute approximate surface area is 157 Å². The van der Waals surface area contributed by atoms with Gasteiger partial charge in [0.1, 0.15) is 11.5 Å². The van der Waals surface area contributed by atoms with Crippen molar-refractivity contribution in [3.8, 4) is 11.5 Å². The first-order chi connectivity index (χ1) is 13.4. The molecule has 0 saturated carbocycles. The Morgan fingerprint density at radius 2 is 2.04 bits per heavy atom. The second-order valence-electron chi connectivity index (χ2n) is 5.62. The lowest BCUT2D eigenvalue weighted by Crippen LogP contribution is -2.13. The highest BCUT2D eigenvalue weighted by atomic mass is 19.3. The van der Waals surface area contributed by atoms with Gasteiger partial charge in [-0.25, -0.2) is 0 Å². The molecule has 1 heterocycles. The average Bonchev–Trinajstić information content (AvgIpc) is 2.67. The van der Waals surface area contributed by atoms with Crippen molar-refractivity contribution < 1.29 is 32.7 Å². The van der Waals surface area contributed by atoms with Crippen LogP contribution in [0, 0.1) is 10.1 Å². The SMILES string of the molecule is O=C(/C=C/c1cc([N+](=O)[O-])cc2c1OCOC2)Nc1ccc(OC(F)F)cc1. The molecule has 0 spiro atoms. The Kier molecular flexibility index (Phi) is 5.80. The number of carbonyl (C=O) groups excluding carboxylic acids is 1. The van der Waals surface area contributed by atoms with Crippen molar-refractivity contribution in [2.24, 2.45) is 0 Å². The highest BCUT2D eigenvalue weighted by molar-refractivity contribution is 6.02. The zero-order chi connectivity index (χ0) is 20.1. The number of hydrogen-bond donors (Lipinski definition) is 1. The summed E-state index contributed by atoms with van der Waals surface area (Å²) >= 11 is 0. The molecule has 0 bridgehead atoms. The smallest absolute Gasteiger partial charge is 0.387 e. The molecule has 146 valence electrons. The Morgan fingerprint density at radius 1 is 1.29 bits per heavy atom. The maximum absolute atomic E-state index is 12.1. The molecule has 8 nitrogen and oxygen atoms in total. The Morgan fingerprint density at radius 3 is 2.71 bits per heavy atom. The average molecular weight is 392 g/mol. The number of rotatable bonds is 6. The first kappa shape index (κ1) is 19.2. The van der Waals surface area contributed by atoms with Crippen molar-refractivity contribution in [1.82, 2.24) is 0 Å². The second kappa shape index (κ2) is 8.44. The van der Waals surface area contributed by atoms with Crippen LogP contribution in [-0.2, 0) is 16.1 Å². The quantitative estimate of drug-likeness (QED) is 0.457. The number of anilines is 1. The summed E-state index contributed by atoms with van der Waals surface area (Å²) in [5, 5.41) is 13.6. The largest absolute Gasteiger partial charge is 0.467 e. The van der Waals surface area contributed by atoms with Gasteiger partial charge >= 0.3 is 6.61 Å². The molecule has 0 aromatic heterocycles. The van der Waals surface area contributed by atoms with E-state index in [0.29, 0.717) is 22.6 Å². The van der Waals surface area contributed by atoms with E-state index < -0.39 is 17.4 Å². The van der Waals surface area contributed by atoms with Gasteiger partial charge < -0.3 is 19.5 Å². The van der Waals surface area contributed by atoms with E-state index in [0.717, 1.165) is 0 Å². The molecular weight excluding hydrogens is 378 g/mol. The van der Waals surface area contributed by atoms with Crippen LogP contribution in [0.3, 0.4) is 0 Å². The van der Waals surface area contributed by atoms with Crippen molar-refractivity contribution in [3.63, 3.8) is 0 Å². The predicted molar refractivity (Wildman–Crippen MR) is 94.1 cm³/mol. The lowest BCUT2D eigenvalue weighted by atomic mass is 10.1. The summed E-state index contributed by atoms with van der Waals surface area (Å²) in [5.41, 5.74) is 1.09. The van der Waals surface area contributed by atoms with Gasteiger partial charge in [-0.05, 0) is 30.3 Å². The Hall–Kier alpha value is -3.53. The molecule has 3 rings (SSSR count). The molecular formula is C18H14F2N2O6. The van der Waals surface area contributed by atoms with Crippen LogP contribution in [-0.4, -0.2) is 24.2 Å². The maximum atomic E-state index is 12.1. The van der Waals surface area contributed by atoms with Crippen LogP contribution in [0.1, 0.15) is 11.1 Å². The number of fused-ring (bicyclic) bond motifs is 1. The van der Waals surface area contributed by atoms with E-state index in [1.807, 2.05) is 0 Å². The number of nitro groups is 1. The fourth-order valence-electron chi connectivity index (χ4n) is 2.53. The van der Waals surface area contributed by atoms with E-state index in [4.69, 9.17) is 9.47 Å². The van der Waals surface area contributed by atoms with Crippen LogP contribution in [0.15, 0.2) is 42.5 Å². The van der Waals surface area contributed by atoms with Crippen LogP contribution in [0.25, 0.3) is 6.08 Å². The predicted octanol–water partition coefficient (Wildman–Crippen LogP) is 3.71. The number of nitrogens with one attached hydrogen (secondary N) is 1. The Balaban J connectivity index is 1.73. The van der Waals surface area contributed by atoms with Crippen molar-refractivity contribution >= 4 is 23.4 Å². The number of hydrogen-bond acceptors (Lipinski definition) is 6. The topological polar surface area (TPSA) is 99.9 Å². The van der Waals surface area contributed by atoms with Crippen LogP contribution < -0.4 is 14.8 Å². The lowest BCUT2D eigenvalue weighted by molar-refractivity contribution is -0.385. The summed E-state index contributed by atoms with van der Waals surface area (Å²) in [5.74, 6) is -0.143. The minimum atomic E-state index is -2.93. The molecule has 0 atom stereocenters. The summed E-state index contributed by atoms with van der Waals surface area (Å²) in [6.07, 6.45) is 2.57. The van der Waals surface area contributed by atoms with Crippen molar-refractivity contribution in [3.05, 3.63) is 63.7 Å². The molecule has 0 radical (unpaired) electrons. The minimum absolute atomic E-state index is 0.00485. The number of amides is 1. The van der Waals surface area contributed by atoms with Gasteiger partial charge in [0.25, 0.3) is 5.69 Å². The van der Waals surface area contributed by atoms with E-state index in [2.05, 4.69) is 10.1 Å². The van der Waals surface area contributed by atoms with E-state index >= 15 is 0 Å². The highest BCUT2D eigenvalue weighted by Crippen LogP contribution is 2.33. The summed E-state index contributed by atoms with van der Waals surface area (Å²) in [4.78, 5) is 22.6. The summed E-state index contributed by atoms with van der Waals surface area (Å²) < 4.78 is 39.0. The molecule has 28 heavy (non-hydrogen) atoms. The van der Waals surface area contributed by atoms with Gasteiger partial charge in [-0.2, -0.15) is 8.78 Å². The van der Waals surface area contributed by atoms with Crippen LogP contribution in [0.2, 0.25) is 0 Å². The standard InChI is InChI=1S/C18H14F2N2O6/c19-18(20)28-15-4-2-13(3-5-15)21-16(23)6-1-11-7-14(22(24)25)8-12-9-26-10-27-17(11)12/h1-8,18H,9-10H2,(H,21,23)/b6-1+.